The van der Waals surface area contributed by atoms with Gasteiger partial charge in [-0.25, -0.2) is 4.98 Å². The van der Waals surface area contributed by atoms with E-state index < -0.39 is 6.10 Å². The Balaban J connectivity index is 1.22. The van der Waals surface area contributed by atoms with E-state index in [9.17, 15) is 9.90 Å². The molecule has 3 heterocycles. The van der Waals surface area contributed by atoms with E-state index in [1.807, 2.05) is 18.7 Å². The molecule has 0 radical (unpaired) electrons. The molecule has 0 spiro atoms. The lowest BCUT2D eigenvalue weighted by Crippen LogP contribution is -2.49. The minimum absolute atomic E-state index is 0.0615. The Morgan fingerprint density at radius 2 is 1.67 bits per heavy atom. The monoisotopic (exact) mass is 499 g/mol. The highest BCUT2D eigenvalue weighted by atomic mass is 16.5. The van der Waals surface area contributed by atoms with Gasteiger partial charge in [0.1, 0.15) is 6.26 Å². The van der Waals surface area contributed by atoms with Crippen molar-refractivity contribution in [1.82, 2.24) is 19.7 Å². The van der Waals surface area contributed by atoms with Crippen LogP contribution in [-0.4, -0.2) is 108 Å². The number of aliphatic hydroxyl groups excluding tert-OH is 1. The summed E-state index contributed by atoms with van der Waals surface area (Å²) in [5.74, 6) is 0.514. The zero-order valence-corrected chi connectivity index (χ0v) is 22.2. The lowest BCUT2D eigenvalue weighted by Gasteiger charge is -2.37. The van der Waals surface area contributed by atoms with E-state index in [1.54, 1.807) is 0 Å². The van der Waals surface area contributed by atoms with Gasteiger partial charge in [0.25, 0.3) is 5.91 Å². The molecule has 2 aliphatic heterocycles. The van der Waals surface area contributed by atoms with E-state index in [-0.39, 0.29) is 12.0 Å². The molecule has 36 heavy (non-hydrogen) atoms. The molecule has 2 saturated heterocycles. The number of hydrogen-bond donors (Lipinski definition) is 1. The van der Waals surface area contributed by atoms with Crippen LogP contribution in [0.3, 0.4) is 0 Å². The molecule has 1 unspecified atom stereocenters. The Labute approximate surface area is 214 Å². The van der Waals surface area contributed by atoms with Crippen LogP contribution in [0.2, 0.25) is 0 Å². The van der Waals surface area contributed by atoms with Crippen molar-refractivity contribution in [3.63, 3.8) is 0 Å². The third kappa shape index (κ3) is 6.85. The van der Waals surface area contributed by atoms with Crippen LogP contribution in [0.1, 0.15) is 41.4 Å². The second-order valence-electron chi connectivity index (χ2n) is 10.3. The summed E-state index contributed by atoms with van der Waals surface area (Å²) in [7, 11) is 0. The van der Waals surface area contributed by atoms with Gasteiger partial charge in [-0.05, 0) is 38.8 Å². The first-order valence-electron chi connectivity index (χ1n) is 13.1. The number of nitrogens with zero attached hydrogens (tertiary/aromatic N) is 5. The maximum absolute atomic E-state index is 13.1. The van der Waals surface area contributed by atoms with Crippen molar-refractivity contribution in [1.29, 1.82) is 0 Å². The number of anilines is 1. The van der Waals surface area contributed by atoms with Crippen molar-refractivity contribution in [2.75, 3.05) is 70.4 Å². The van der Waals surface area contributed by atoms with Crippen LogP contribution in [0.15, 0.2) is 28.9 Å². The summed E-state index contributed by atoms with van der Waals surface area (Å²) in [6.45, 7) is 16.2. The zero-order chi connectivity index (χ0) is 25.7. The number of ether oxygens (including phenoxy) is 1. The van der Waals surface area contributed by atoms with E-state index in [0.717, 1.165) is 39.3 Å². The number of carbonyl (C=O) groups excluding carboxylic acids is 1. The molecule has 0 bridgehead atoms. The molecule has 1 aromatic carbocycles. The van der Waals surface area contributed by atoms with Crippen LogP contribution >= 0.6 is 0 Å². The number of oxazole rings is 1. The maximum Gasteiger partial charge on any atom is 0.275 e. The molecule has 9 nitrogen and oxygen atoms in total. The minimum atomic E-state index is -0.470. The number of rotatable bonds is 9. The lowest BCUT2D eigenvalue weighted by atomic mass is 10.1. The van der Waals surface area contributed by atoms with Crippen LogP contribution in [-0.2, 0) is 11.3 Å². The number of benzene rings is 1. The number of hydrogen-bond acceptors (Lipinski definition) is 8. The maximum atomic E-state index is 13.1. The minimum Gasteiger partial charge on any atom is -0.447 e. The Morgan fingerprint density at radius 1 is 1.03 bits per heavy atom. The Hall–Kier alpha value is -2.46. The molecule has 2 aliphatic rings. The van der Waals surface area contributed by atoms with E-state index >= 15 is 0 Å². The summed E-state index contributed by atoms with van der Waals surface area (Å²) in [6.07, 6.45) is 1.15. The quantitative estimate of drug-likeness (QED) is 0.562. The summed E-state index contributed by atoms with van der Waals surface area (Å²) >= 11 is 0. The number of aromatic nitrogens is 1. The average molecular weight is 500 g/mol. The van der Waals surface area contributed by atoms with E-state index in [4.69, 9.17) is 9.15 Å². The molecule has 0 saturated carbocycles. The number of piperazine rings is 2. The van der Waals surface area contributed by atoms with Gasteiger partial charge in [-0.3, -0.25) is 14.6 Å². The highest BCUT2D eigenvalue weighted by molar-refractivity contribution is 5.92. The molecule has 2 aromatic rings. The number of para-hydroxylation sites is 1. The normalized spacial score (nSPS) is 18.7. The second kappa shape index (κ2) is 12.2. The first-order valence-corrected chi connectivity index (χ1v) is 13.1. The van der Waals surface area contributed by atoms with Gasteiger partial charge in [0.2, 0.25) is 5.89 Å². The van der Waals surface area contributed by atoms with Gasteiger partial charge in [0.05, 0.1) is 25.4 Å². The van der Waals surface area contributed by atoms with Crippen molar-refractivity contribution in [3.8, 4) is 0 Å². The second-order valence-corrected chi connectivity index (χ2v) is 10.3. The predicted molar refractivity (Wildman–Crippen MR) is 139 cm³/mol. The van der Waals surface area contributed by atoms with Gasteiger partial charge in [-0.15, -0.1) is 0 Å². The van der Waals surface area contributed by atoms with Crippen LogP contribution < -0.4 is 4.90 Å². The molecule has 1 atom stereocenters. The van der Waals surface area contributed by atoms with Crippen LogP contribution in [0.5, 0.6) is 0 Å². The van der Waals surface area contributed by atoms with Gasteiger partial charge in [0, 0.05) is 64.6 Å². The highest BCUT2D eigenvalue weighted by Gasteiger charge is 2.26. The molecule has 1 amide bonds. The molecule has 9 heteroatoms. The number of β-amino-alcohol motifs (C(OH)–C–C–N with tert-alkyl or cyclic N) is 1. The van der Waals surface area contributed by atoms with Gasteiger partial charge < -0.3 is 24.1 Å². The lowest BCUT2D eigenvalue weighted by molar-refractivity contribution is -0.0151. The number of aliphatic hydroxyl groups is 1. The fourth-order valence-electron chi connectivity index (χ4n) is 5.06. The third-order valence-corrected chi connectivity index (χ3v) is 7.01. The molecule has 1 N–H and O–H groups in total. The molecular weight excluding hydrogens is 458 g/mol. The van der Waals surface area contributed by atoms with E-state index in [0.29, 0.717) is 44.4 Å². The smallest absolute Gasteiger partial charge is 0.275 e. The first kappa shape index (κ1) is 26.6. The molecule has 0 aliphatic carbocycles. The number of carbonyl (C=O) groups is 1. The zero-order valence-electron chi connectivity index (χ0n) is 22.2. The predicted octanol–water partition coefficient (Wildman–Crippen LogP) is 2.16. The van der Waals surface area contributed by atoms with Crippen molar-refractivity contribution in [3.05, 3.63) is 47.2 Å². The van der Waals surface area contributed by atoms with Gasteiger partial charge in [-0.2, -0.15) is 0 Å². The van der Waals surface area contributed by atoms with Gasteiger partial charge in [-0.1, -0.05) is 18.2 Å². The number of aryl methyl sites for hydroxylation is 2. The summed E-state index contributed by atoms with van der Waals surface area (Å²) in [4.78, 5) is 26.3. The third-order valence-electron chi connectivity index (χ3n) is 7.01. The Morgan fingerprint density at radius 3 is 2.31 bits per heavy atom. The van der Waals surface area contributed by atoms with Crippen LogP contribution in [0.4, 0.5) is 5.69 Å². The topological polar surface area (TPSA) is 85.5 Å². The van der Waals surface area contributed by atoms with E-state index in [1.165, 1.54) is 23.1 Å². The first-order chi connectivity index (χ1) is 17.3. The fourth-order valence-corrected chi connectivity index (χ4v) is 5.06. The van der Waals surface area contributed by atoms with Crippen molar-refractivity contribution >= 4 is 11.6 Å². The Bertz CT molecular complexity index is 974. The van der Waals surface area contributed by atoms with Gasteiger partial charge in [0.15, 0.2) is 5.69 Å². The largest absolute Gasteiger partial charge is 0.447 e. The summed E-state index contributed by atoms with van der Waals surface area (Å²) in [6, 6.07) is 6.37. The number of amides is 1. The fraction of sp³-hybridized carbons (Fsp3) is 0.630. The summed E-state index contributed by atoms with van der Waals surface area (Å²) < 4.78 is 11.2. The summed E-state index contributed by atoms with van der Waals surface area (Å²) in [5, 5.41) is 10.2. The van der Waals surface area contributed by atoms with Gasteiger partial charge >= 0.3 is 0 Å². The van der Waals surface area contributed by atoms with E-state index in [2.05, 4.69) is 51.7 Å². The van der Waals surface area contributed by atoms with Crippen molar-refractivity contribution in [2.24, 2.45) is 0 Å². The average Bonchev–Trinajstić information content (AvgIpc) is 3.32. The molecule has 2 fully saturated rings. The highest BCUT2D eigenvalue weighted by Crippen LogP contribution is 2.26. The van der Waals surface area contributed by atoms with Crippen LogP contribution in [0.25, 0.3) is 0 Å². The van der Waals surface area contributed by atoms with Crippen molar-refractivity contribution < 1.29 is 19.1 Å². The SMILES string of the molecule is Cc1cccc(C)c1N1CCN(C(=O)c2coc(CN3CCN(CC(O)COC(C)C)CC3)n2)CC1. The Kier molecular flexibility index (Phi) is 9.00. The van der Waals surface area contributed by atoms with Crippen LogP contribution in [0, 0.1) is 13.8 Å². The molecular formula is C27H41N5O4. The summed E-state index contributed by atoms with van der Waals surface area (Å²) in [5.41, 5.74) is 4.21. The molecule has 4 rings (SSSR count). The molecule has 198 valence electrons. The molecule has 1 aromatic heterocycles. The standard InChI is InChI=1S/C27H41N5O4/c1-20(2)35-18-23(33)16-29-8-10-30(11-9-29)17-25-28-24(19-36-25)27(34)32-14-12-31(13-15-32)26-21(3)6-5-7-22(26)4/h5-7,19-20,23,33H,8-18H2,1-4H3. The van der Waals surface area contributed by atoms with Crippen molar-refractivity contribution in [2.45, 2.75) is 46.4 Å².